The van der Waals surface area contributed by atoms with Gasteiger partial charge < -0.3 is 5.32 Å². The molecule has 5 heteroatoms. The van der Waals surface area contributed by atoms with Crippen molar-refractivity contribution in [3.8, 4) is 0 Å². The third-order valence-corrected chi connectivity index (χ3v) is 5.88. The molecule has 1 aliphatic rings. The molecule has 1 fully saturated rings. The van der Waals surface area contributed by atoms with Gasteiger partial charge in [0.15, 0.2) is 0 Å². The summed E-state index contributed by atoms with van der Waals surface area (Å²) in [5.41, 5.74) is 6.38. The summed E-state index contributed by atoms with van der Waals surface area (Å²) in [6, 6.07) is 13.1. The number of hydrogen-bond donors (Lipinski definition) is 2. The van der Waals surface area contributed by atoms with Crippen LogP contribution in [-0.4, -0.2) is 39.7 Å². The van der Waals surface area contributed by atoms with Gasteiger partial charge in [0.1, 0.15) is 0 Å². The zero-order chi connectivity index (χ0) is 17.1. The first-order valence-corrected chi connectivity index (χ1v) is 9.99. The average molecular weight is 353 g/mol. The van der Waals surface area contributed by atoms with Crippen LogP contribution in [0.3, 0.4) is 0 Å². The Balaban J connectivity index is 1.45. The van der Waals surface area contributed by atoms with Gasteiger partial charge in [-0.25, -0.2) is 0 Å². The van der Waals surface area contributed by atoms with Crippen LogP contribution in [0.4, 0.5) is 5.69 Å². The molecule has 4 rings (SSSR count). The highest BCUT2D eigenvalue weighted by atomic mass is 32.2. The number of thioether (sulfide) groups is 1. The van der Waals surface area contributed by atoms with Gasteiger partial charge in [-0.1, -0.05) is 24.3 Å². The lowest BCUT2D eigenvalue weighted by molar-refractivity contribution is 0.294. The molecule has 2 N–H and O–H groups in total. The summed E-state index contributed by atoms with van der Waals surface area (Å²) in [5, 5.41) is 11.9. The SMILES string of the molecule is Cc1c(CN2CCSCC2)cccc1NCc1ccc2cn[nH]c2c1. The van der Waals surface area contributed by atoms with Crippen molar-refractivity contribution in [3.63, 3.8) is 0 Å². The van der Waals surface area contributed by atoms with Gasteiger partial charge in [-0.2, -0.15) is 16.9 Å². The summed E-state index contributed by atoms with van der Waals surface area (Å²) in [6.07, 6.45) is 1.86. The number of H-pyrrole nitrogens is 1. The maximum absolute atomic E-state index is 4.09. The minimum atomic E-state index is 0.819. The zero-order valence-corrected chi connectivity index (χ0v) is 15.4. The molecule has 2 heterocycles. The highest BCUT2D eigenvalue weighted by Crippen LogP contribution is 2.23. The molecule has 130 valence electrons. The van der Waals surface area contributed by atoms with Crippen LogP contribution in [-0.2, 0) is 13.1 Å². The minimum Gasteiger partial charge on any atom is -0.381 e. The molecule has 0 atom stereocenters. The fraction of sp³-hybridized carbons (Fsp3) is 0.350. The summed E-state index contributed by atoms with van der Waals surface area (Å²) in [5.74, 6) is 2.51. The van der Waals surface area contributed by atoms with Crippen LogP contribution in [0.5, 0.6) is 0 Å². The van der Waals surface area contributed by atoms with E-state index in [0.717, 1.165) is 24.0 Å². The van der Waals surface area contributed by atoms with Crippen LogP contribution in [0.15, 0.2) is 42.6 Å². The lowest BCUT2D eigenvalue weighted by Gasteiger charge is -2.27. The largest absolute Gasteiger partial charge is 0.381 e. The van der Waals surface area contributed by atoms with Crippen molar-refractivity contribution in [2.45, 2.75) is 20.0 Å². The second-order valence-corrected chi connectivity index (χ2v) is 7.85. The van der Waals surface area contributed by atoms with Crippen LogP contribution >= 0.6 is 11.8 Å². The van der Waals surface area contributed by atoms with Gasteiger partial charge in [0.25, 0.3) is 0 Å². The van der Waals surface area contributed by atoms with Crippen molar-refractivity contribution < 1.29 is 0 Å². The van der Waals surface area contributed by atoms with Gasteiger partial charge in [0.2, 0.25) is 0 Å². The van der Waals surface area contributed by atoms with Crippen molar-refractivity contribution in [1.29, 1.82) is 0 Å². The number of benzene rings is 2. The molecular weight excluding hydrogens is 328 g/mol. The first-order chi connectivity index (χ1) is 12.3. The van der Waals surface area contributed by atoms with Crippen molar-refractivity contribution in [2.24, 2.45) is 0 Å². The zero-order valence-electron chi connectivity index (χ0n) is 14.6. The predicted molar refractivity (Wildman–Crippen MR) is 107 cm³/mol. The molecule has 2 aromatic carbocycles. The molecule has 0 bridgehead atoms. The first-order valence-electron chi connectivity index (χ1n) is 8.84. The van der Waals surface area contributed by atoms with E-state index in [0.29, 0.717) is 0 Å². The van der Waals surface area contributed by atoms with Crippen LogP contribution in [0, 0.1) is 6.92 Å². The van der Waals surface area contributed by atoms with Gasteiger partial charge in [-0.15, -0.1) is 0 Å². The fourth-order valence-electron chi connectivity index (χ4n) is 3.34. The van der Waals surface area contributed by atoms with Crippen LogP contribution in [0.25, 0.3) is 10.9 Å². The molecule has 4 nitrogen and oxygen atoms in total. The number of nitrogens with zero attached hydrogens (tertiary/aromatic N) is 2. The molecule has 0 unspecified atom stereocenters. The maximum Gasteiger partial charge on any atom is 0.0653 e. The van der Waals surface area contributed by atoms with Crippen molar-refractivity contribution in [3.05, 3.63) is 59.3 Å². The van der Waals surface area contributed by atoms with Crippen LogP contribution < -0.4 is 5.32 Å². The van der Waals surface area contributed by atoms with Gasteiger partial charge in [0, 0.05) is 48.8 Å². The second kappa shape index (κ2) is 7.50. The lowest BCUT2D eigenvalue weighted by Crippen LogP contribution is -2.32. The number of hydrogen-bond acceptors (Lipinski definition) is 4. The number of nitrogens with one attached hydrogen (secondary N) is 2. The van der Waals surface area contributed by atoms with E-state index in [1.54, 1.807) is 0 Å². The Hall–Kier alpha value is -1.98. The van der Waals surface area contributed by atoms with Crippen molar-refractivity contribution >= 4 is 28.4 Å². The average Bonchev–Trinajstić information content (AvgIpc) is 3.11. The third kappa shape index (κ3) is 3.83. The monoisotopic (exact) mass is 352 g/mol. The highest BCUT2D eigenvalue weighted by Gasteiger charge is 2.13. The van der Waals surface area contributed by atoms with Crippen molar-refractivity contribution in [1.82, 2.24) is 15.1 Å². The van der Waals surface area contributed by atoms with E-state index in [-0.39, 0.29) is 0 Å². The number of fused-ring (bicyclic) bond motifs is 1. The normalized spacial score (nSPS) is 15.6. The standard InChI is InChI=1S/C20H24N4S/c1-15-18(14-24-7-9-25-10-8-24)3-2-4-19(15)21-12-16-5-6-17-13-22-23-20(17)11-16/h2-6,11,13,21H,7-10,12,14H2,1H3,(H,22,23). The molecule has 1 saturated heterocycles. The smallest absolute Gasteiger partial charge is 0.0653 e. The van der Waals surface area contributed by atoms with Gasteiger partial charge in [-0.3, -0.25) is 10.00 Å². The number of aromatic nitrogens is 2. The highest BCUT2D eigenvalue weighted by molar-refractivity contribution is 7.99. The Morgan fingerprint density at radius 2 is 2.08 bits per heavy atom. The summed E-state index contributed by atoms with van der Waals surface area (Å²) in [7, 11) is 0. The first kappa shape index (κ1) is 16.5. The molecule has 3 aromatic rings. The molecule has 0 radical (unpaired) electrons. The summed E-state index contributed by atoms with van der Waals surface area (Å²) >= 11 is 2.06. The Morgan fingerprint density at radius 1 is 1.20 bits per heavy atom. The Morgan fingerprint density at radius 3 is 2.96 bits per heavy atom. The Labute approximate surface area is 153 Å². The molecular formula is C20H24N4S. The predicted octanol–water partition coefficient (Wildman–Crippen LogP) is 4.03. The van der Waals surface area contributed by atoms with Gasteiger partial charge >= 0.3 is 0 Å². The molecule has 1 aromatic heterocycles. The van der Waals surface area contributed by atoms with Gasteiger partial charge in [0.05, 0.1) is 11.7 Å². The Bertz CT molecular complexity index is 852. The van der Waals surface area contributed by atoms with E-state index in [4.69, 9.17) is 0 Å². The number of anilines is 1. The molecule has 0 amide bonds. The maximum atomic E-state index is 4.09. The van der Waals surface area contributed by atoms with E-state index < -0.39 is 0 Å². The summed E-state index contributed by atoms with van der Waals surface area (Å²) < 4.78 is 0. The van der Waals surface area contributed by atoms with Crippen LogP contribution in [0.2, 0.25) is 0 Å². The van der Waals surface area contributed by atoms with E-state index in [9.17, 15) is 0 Å². The minimum absolute atomic E-state index is 0.819. The summed E-state index contributed by atoms with van der Waals surface area (Å²) in [6.45, 7) is 6.51. The van der Waals surface area contributed by atoms with Gasteiger partial charge in [-0.05, 0) is 35.7 Å². The molecule has 0 spiro atoms. The number of aromatic amines is 1. The topological polar surface area (TPSA) is 44.0 Å². The third-order valence-electron chi connectivity index (χ3n) is 4.93. The van der Waals surface area contributed by atoms with E-state index in [1.807, 2.05) is 6.20 Å². The van der Waals surface area contributed by atoms with E-state index in [2.05, 4.69) is 75.5 Å². The fourth-order valence-corrected chi connectivity index (χ4v) is 4.32. The molecule has 0 aliphatic carbocycles. The molecule has 1 aliphatic heterocycles. The van der Waals surface area contributed by atoms with E-state index in [1.165, 1.54) is 47.0 Å². The van der Waals surface area contributed by atoms with E-state index >= 15 is 0 Å². The van der Waals surface area contributed by atoms with Crippen molar-refractivity contribution in [2.75, 3.05) is 29.9 Å². The molecule has 25 heavy (non-hydrogen) atoms. The van der Waals surface area contributed by atoms with Crippen LogP contribution in [0.1, 0.15) is 16.7 Å². The Kier molecular flexibility index (Phi) is 4.95. The second-order valence-electron chi connectivity index (χ2n) is 6.62. The number of rotatable bonds is 5. The molecule has 0 saturated carbocycles. The summed E-state index contributed by atoms with van der Waals surface area (Å²) in [4.78, 5) is 2.56. The lowest BCUT2D eigenvalue weighted by atomic mass is 10.1. The quantitative estimate of drug-likeness (QED) is 0.727.